The van der Waals surface area contributed by atoms with Gasteiger partial charge in [-0.3, -0.25) is 9.59 Å². The molecule has 0 saturated carbocycles. The summed E-state index contributed by atoms with van der Waals surface area (Å²) in [6.45, 7) is 1.70. The van der Waals surface area contributed by atoms with E-state index in [0.29, 0.717) is 26.7 Å². The Morgan fingerprint density at radius 1 is 1.17 bits per heavy atom. The summed E-state index contributed by atoms with van der Waals surface area (Å²) in [5.41, 5.74) is 0.422. The summed E-state index contributed by atoms with van der Waals surface area (Å²) in [5, 5.41) is 0.669. The Kier molecular flexibility index (Phi) is 7.62. The Bertz CT molecular complexity index is 1470. The van der Waals surface area contributed by atoms with Crippen molar-refractivity contribution >= 4 is 66.7 Å². The Morgan fingerprint density at radius 2 is 1.86 bits per heavy atom. The molecular formula is C22H20Cl2FN3O5S2. The number of hydrogen-bond acceptors (Lipinski definition) is 6. The molecule has 1 aromatic heterocycles. The van der Waals surface area contributed by atoms with Gasteiger partial charge in [-0.1, -0.05) is 34.5 Å². The first kappa shape index (κ1) is 25.8. The number of carbonyl (C=O) groups excluding carboxylic acids is 2. The van der Waals surface area contributed by atoms with Crippen LogP contribution in [0.1, 0.15) is 19.8 Å². The largest absolute Gasteiger partial charge is 0.465 e. The van der Waals surface area contributed by atoms with Gasteiger partial charge in [-0.15, -0.1) is 0 Å². The van der Waals surface area contributed by atoms with Crippen molar-refractivity contribution < 1.29 is 27.1 Å². The molecule has 186 valence electrons. The number of halogens is 3. The summed E-state index contributed by atoms with van der Waals surface area (Å²) >= 11 is 13.7. The van der Waals surface area contributed by atoms with Gasteiger partial charge in [-0.05, 0) is 56.2 Å². The lowest BCUT2D eigenvalue weighted by atomic mass is 10.2. The highest BCUT2D eigenvalue weighted by Gasteiger charge is 2.39. The maximum absolute atomic E-state index is 13.3. The molecule has 1 unspecified atom stereocenters. The fourth-order valence-electron chi connectivity index (χ4n) is 3.86. The van der Waals surface area contributed by atoms with E-state index in [1.807, 2.05) is 0 Å². The van der Waals surface area contributed by atoms with Crippen LogP contribution in [0, 0.1) is 5.82 Å². The predicted octanol–water partition coefficient (Wildman–Crippen LogP) is 3.99. The van der Waals surface area contributed by atoms with Gasteiger partial charge in [0.1, 0.15) is 18.4 Å². The van der Waals surface area contributed by atoms with E-state index in [2.05, 4.69) is 4.99 Å². The summed E-state index contributed by atoms with van der Waals surface area (Å²) in [6, 6.07) is 6.53. The van der Waals surface area contributed by atoms with Crippen LogP contribution in [0.4, 0.5) is 4.39 Å². The van der Waals surface area contributed by atoms with Crippen molar-refractivity contribution in [2.75, 3.05) is 13.2 Å². The van der Waals surface area contributed by atoms with Gasteiger partial charge in [0.25, 0.3) is 5.91 Å². The number of rotatable bonds is 6. The number of sulfonamides is 1. The van der Waals surface area contributed by atoms with Crippen molar-refractivity contribution in [3.8, 4) is 0 Å². The number of thiazole rings is 1. The molecule has 1 saturated heterocycles. The van der Waals surface area contributed by atoms with E-state index in [1.165, 1.54) is 4.57 Å². The van der Waals surface area contributed by atoms with Crippen molar-refractivity contribution in [2.24, 2.45) is 4.99 Å². The van der Waals surface area contributed by atoms with Crippen molar-refractivity contribution in [1.29, 1.82) is 0 Å². The Labute approximate surface area is 214 Å². The van der Waals surface area contributed by atoms with Crippen LogP contribution in [0.2, 0.25) is 10.0 Å². The van der Waals surface area contributed by atoms with Crippen molar-refractivity contribution in [3.05, 3.63) is 57.1 Å². The van der Waals surface area contributed by atoms with Crippen LogP contribution in [0.3, 0.4) is 0 Å². The average molecular weight is 560 g/mol. The Hall–Kier alpha value is -2.31. The average Bonchev–Trinajstić information content (AvgIpc) is 3.44. The lowest BCUT2D eigenvalue weighted by Gasteiger charge is -2.21. The molecule has 8 nitrogen and oxygen atoms in total. The lowest BCUT2D eigenvalue weighted by Crippen LogP contribution is -2.40. The molecule has 0 bridgehead atoms. The fraction of sp³-hybridized carbons (Fsp3) is 0.318. The molecule has 1 fully saturated rings. The second-order valence-electron chi connectivity index (χ2n) is 7.66. The third-order valence-electron chi connectivity index (χ3n) is 5.44. The van der Waals surface area contributed by atoms with Crippen LogP contribution in [-0.4, -0.2) is 48.4 Å². The number of amides is 1. The molecule has 13 heteroatoms. The Balaban J connectivity index is 1.76. The van der Waals surface area contributed by atoms with E-state index in [0.717, 1.165) is 39.9 Å². The minimum absolute atomic E-state index is 0.114. The molecule has 0 radical (unpaired) electrons. The first-order chi connectivity index (χ1) is 16.6. The minimum atomic E-state index is -4.05. The highest BCUT2D eigenvalue weighted by atomic mass is 35.5. The third-order valence-corrected chi connectivity index (χ3v) is 9.20. The predicted molar refractivity (Wildman–Crippen MR) is 130 cm³/mol. The third kappa shape index (κ3) is 5.14. The minimum Gasteiger partial charge on any atom is -0.465 e. The normalized spacial score (nSPS) is 17.3. The number of aromatic nitrogens is 1. The molecule has 3 aromatic rings. The molecule has 1 atom stereocenters. The monoisotopic (exact) mass is 559 g/mol. The van der Waals surface area contributed by atoms with Crippen molar-refractivity contribution in [1.82, 2.24) is 8.87 Å². The van der Waals surface area contributed by atoms with E-state index in [1.54, 1.807) is 19.1 Å². The SMILES string of the molecule is CCOC(=O)Cn1c(=NC(=O)C2CCCN2S(=O)(=O)c2ccc(F)cc2)sc2c(Cl)ccc(Cl)c21. The summed E-state index contributed by atoms with van der Waals surface area (Å²) in [5.74, 6) is -1.82. The zero-order valence-electron chi connectivity index (χ0n) is 18.4. The molecule has 0 aliphatic carbocycles. The summed E-state index contributed by atoms with van der Waals surface area (Å²) < 4.78 is 47.7. The molecule has 35 heavy (non-hydrogen) atoms. The number of carbonyl (C=O) groups is 2. The number of esters is 1. The second kappa shape index (κ2) is 10.4. The van der Waals surface area contributed by atoms with E-state index in [4.69, 9.17) is 27.9 Å². The quantitative estimate of drug-likeness (QED) is 0.425. The molecule has 1 aliphatic rings. The lowest BCUT2D eigenvalue weighted by molar-refractivity contribution is -0.143. The highest BCUT2D eigenvalue weighted by Crippen LogP contribution is 2.32. The zero-order chi connectivity index (χ0) is 25.3. The van der Waals surface area contributed by atoms with Gasteiger partial charge in [0, 0.05) is 6.54 Å². The number of ether oxygens (including phenoxy) is 1. The van der Waals surface area contributed by atoms with Gasteiger partial charge in [0.05, 0.1) is 31.8 Å². The first-order valence-electron chi connectivity index (χ1n) is 10.6. The standard InChI is InChI=1S/C22H20Cl2FN3O5S2/c1-2-33-18(29)12-27-19-15(23)9-10-16(24)20(19)34-22(27)26-21(30)17-4-3-11-28(17)35(31,32)14-7-5-13(25)6-8-14/h5-10,17H,2-4,11-12H2,1H3. The molecule has 1 amide bonds. The molecule has 0 spiro atoms. The summed E-state index contributed by atoms with van der Waals surface area (Å²) in [4.78, 5) is 29.7. The van der Waals surface area contributed by atoms with Crippen LogP contribution >= 0.6 is 34.5 Å². The molecule has 4 rings (SSSR count). The van der Waals surface area contributed by atoms with Gasteiger partial charge < -0.3 is 9.30 Å². The smallest absolute Gasteiger partial charge is 0.326 e. The second-order valence-corrected chi connectivity index (χ2v) is 11.3. The van der Waals surface area contributed by atoms with E-state index in [-0.39, 0.29) is 35.8 Å². The van der Waals surface area contributed by atoms with E-state index >= 15 is 0 Å². The summed E-state index contributed by atoms with van der Waals surface area (Å²) in [6.07, 6.45) is 0.728. The van der Waals surface area contributed by atoms with Crippen LogP contribution < -0.4 is 4.80 Å². The van der Waals surface area contributed by atoms with Gasteiger partial charge in [-0.2, -0.15) is 9.30 Å². The first-order valence-corrected chi connectivity index (χ1v) is 13.6. The van der Waals surface area contributed by atoms with Crippen LogP contribution in [0.25, 0.3) is 10.2 Å². The fourth-order valence-corrected chi connectivity index (χ4v) is 7.17. The topological polar surface area (TPSA) is 98.0 Å². The number of hydrogen-bond donors (Lipinski definition) is 0. The van der Waals surface area contributed by atoms with E-state index < -0.39 is 33.8 Å². The molecule has 0 N–H and O–H groups in total. The Morgan fingerprint density at radius 3 is 2.54 bits per heavy atom. The maximum atomic E-state index is 13.3. The van der Waals surface area contributed by atoms with Gasteiger partial charge in [0.2, 0.25) is 10.0 Å². The number of nitrogens with zero attached hydrogens (tertiary/aromatic N) is 3. The summed E-state index contributed by atoms with van der Waals surface area (Å²) in [7, 11) is -4.05. The van der Waals surface area contributed by atoms with Crippen LogP contribution in [0.15, 0.2) is 46.3 Å². The molecule has 2 aromatic carbocycles. The number of benzene rings is 2. The van der Waals surface area contributed by atoms with Gasteiger partial charge >= 0.3 is 5.97 Å². The number of fused-ring (bicyclic) bond motifs is 1. The molecule has 1 aliphatic heterocycles. The van der Waals surface area contributed by atoms with Crippen LogP contribution in [-0.2, 0) is 30.9 Å². The highest BCUT2D eigenvalue weighted by molar-refractivity contribution is 7.89. The van der Waals surface area contributed by atoms with Crippen molar-refractivity contribution in [2.45, 2.75) is 37.2 Å². The molecular weight excluding hydrogens is 540 g/mol. The van der Waals surface area contributed by atoms with Crippen LogP contribution in [0.5, 0.6) is 0 Å². The zero-order valence-corrected chi connectivity index (χ0v) is 21.6. The van der Waals surface area contributed by atoms with Gasteiger partial charge in [0.15, 0.2) is 4.80 Å². The van der Waals surface area contributed by atoms with E-state index in [9.17, 15) is 22.4 Å². The van der Waals surface area contributed by atoms with Crippen molar-refractivity contribution in [3.63, 3.8) is 0 Å². The molecule has 2 heterocycles. The maximum Gasteiger partial charge on any atom is 0.326 e. The van der Waals surface area contributed by atoms with Gasteiger partial charge in [-0.25, -0.2) is 12.8 Å².